The minimum atomic E-state index is 0.0192. The van der Waals surface area contributed by atoms with Gasteiger partial charge in [0.1, 0.15) is 0 Å². The van der Waals surface area contributed by atoms with Crippen LogP contribution in [0.25, 0.3) is 6.08 Å². The summed E-state index contributed by atoms with van der Waals surface area (Å²) in [6, 6.07) is 17.7. The number of ether oxygens (including phenoxy) is 2. The second-order valence-corrected chi connectivity index (χ2v) is 6.66. The second kappa shape index (κ2) is 10.5. The van der Waals surface area contributed by atoms with Crippen molar-refractivity contribution in [3.05, 3.63) is 66.2 Å². The quantitative estimate of drug-likeness (QED) is 0.705. The van der Waals surface area contributed by atoms with Gasteiger partial charge in [-0.25, -0.2) is 0 Å². The number of piperazine rings is 1. The van der Waals surface area contributed by atoms with E-state index >= 15 is 0 Å². The van der Waals surface area contributed by atoms with E-state index in [9.17, 15) is 4.79 Å². The molecule has 1 saturated heterocycles. The third-order valence-electron chi connectivity index (χ3n) is 4.70. The zero-order valence-corrected chi connectivity index (χ0v) is 16.4. The van der Waals surface area contributed by atoms with E-state index in [-0.39, 0.29) is 12.5 Å². The van der Waals surface area contributed by atoms with Gasteiger partial charge >= 0.3 is 0 Å². The summed E-state index contributed by atoms with van der Waals surface area (Å²) in [5.74, 6) is 1.31. The number of nitrogens with zero attached hydrogens (tertiary/aromatic N) is 2. The normalized spacial score (nSPS) is 15.0. The van der Waals surface area contributed by atoms with E-state index in [1.165, 1.54) is 5.56 Å². The van der Waals surface area contributed by atoms with Gasteiger partial charge in [0.15, 0.2) is 18.1 Å². The van der Waals surface area contributed by atoms with Crippen molar-refractivity contribution in [2.45, 2.75) is 6.92 Å². The van der Waals surface area contributed by atoms with Gasteiger partial charge in [-0.2, -0.15) is 0 Å². The van der Waals surface area contributed by atoms with Gasteiger partial charge in [-0.15, -0.1) is 0 Å². The molecule has 0 bridgehead atoms. The standard InChI is InChI=1S/C23H28N2O3/c1-2-27-21-12-6-7-13-22(21)28-19-23(26)25-17-15-24(16-18-25)14-8-11-20-9-4-3-5-10-20/h3-13H,2,14-19H2,1H3. The Morgan fingerprint density at radius 3 is 2.25 bits per heavy atom. The van der Waals surface area contributed by atoms with E-state index in [2.05, 4.69) is 29.2 Å². The molecule has 1 aliphatic rings. The summed E-state index contributed by atoms with van der Waals surface area (Å²) in [4.78, 5) is 16.7. The van der Waals surface area contributed by atoms with Crippen LogP contribution in [0.1, 0.15) is 12.5 Å². The summed E-state index contributed by atoms with van der Waals surface area (Å²) in [6.07, 6.45) is 4.32. The first-order valence-corrected chi connectivity index (χ1v) is 9.82. The number of carbonyl (C=O) groups is 1. The molecule has 1 heterocycles. The Balaban J connectivity index is 1.41. The number of rotatable bonds is 8. The van der Waals surface area contributed by atoms with Crippen LogP contribution in [0.3, 0.4) is 0 Å². The molecule has 0 spiro atoms. The summed E-state index contributed by atoms with van der Waals surface area (Å²) < 4.78 is 11.2. The van der Waals surface area contributed by atoms with Gasteiger partial charge in [0.2, 0.25) is 0 Å². The average Bonchev–Trinajstić information content (AvgIpc) is 2.74. The molecule has 1 amide bonds. The van der Waals surface area contributed by atoms with Crippen LogP contribution in [0.15, 0.2) is 60.7 Å². The van der Waals surface area contributed by atoms with Crippen LogP contribution in [-0.2, 0) is 4.79 Å². The fourth-order valence-corrected chi connectivity index (χ4v) is 3.16. The molecule has 0 atom stereocenters. The lowest BCUT2D eigenvalue weighted by molar-refractivity contribution is -0.135. The van der Waals surface area contributed by atoms with Crippen molar-refractivity contribution < 1.29 is 14.3 Å². The van der Waals surface area contributed by atoms with E-state index in [0.29, 0.717) is 18.1 Å². The van der Waals surface area contributed by atoms with Gasteiger partial charge in [0.05, 0.1) is 6.61 Å². The van der Waals surface area contributed by atoms with Gasteiger partial charge < -0.3 is 14.4 Å². The summed E-state index contributed by atoms with van der Waals surface area (Å²) in [7, 11) is 0. The summed E-state index contributed by atoms with van der Waals surface area (Å²) in [6.45, 7) is 6.64. The van der Waals surface area contributed by atoms with Crippen molar-refractivity contribution in [1.82, 2.24) is 9.80 Å². The van der Waals surface area contributed by atoms with Crippen LogP contribution in [0.2, 0.25) is 0 Å². The monoisotopic (exact) mass is 380 g/mol. The average molecular weight is 380 g/mol. The molecule has 0 aliphatic carbocycles. The van der Waals surface area contributed by atoms with Crippen molar-refractivity contribution in [3.63, 3.8) is 0 Å². The highest BCUT2D eigenvalue weighted by Crippen LogP contribution is 2.26. The van der Waals surface area contributed by atoms with Crippen LogP contribution >= 0.6 is 0 Å². The third-order valence-corrected chi connectivity index (χ3v) is 4.70. The molecule has 3 rings (SSSR count). The lowest BCUT2D eigenvalue weighted by atomic mass is 10.2. The predicted octanol–water partition coefficient (Wildman–Crippen LogP) is 3.32. The highest BCUT2D eigenvalue weighted by Gasteiger charge is 2.21. The summed E-state index contributed by atoms with van der Waals surface area (Å²) in [5.41, 5.74) is 1.21. The van der Waals surface area contributed by atoms with Crippen LogP contribution < -0.4 is 9.47 Å². The molecule has 0 N–H and O–H groups in total. The number of benzene rings is 2. The Morgan fingerprint density at radius 2 is 1.57 bits per heavy atom. The molecule has 0 unspecified atom stereocenters. The Labute approximate surface area is 167 Å². The molecule has 1 fully saturated rings. The fourth-order valence-electron chi connectivity index (χ4n) is 3.16. The summed E-state index contributed by atoms with van der Waals surface area (Å²) >= 11 is 0. The second-order valence-electron chi connectivity index (χ2n) is 6.66. The number of carbonyl (C=O) groups excluding carboxylic acids is 1. The zero-order chi connectivity index (χ0) is 19.6. The van der Waals surface area contributed by atoms with Crippen molar-refractivity contribution in [1.29, 1.82) is 0 Å². The minimum Gasteiger partial charge on any atom is -0.490 e. The molecule has 2 aromatic rings. The fraction of sp³-hybridized carbons (Fsp3) is 0.348. The molecule has 28 heavy (non-hydrogen) atoms. The highest BCUT2D eigenvalue weighted by molar-refractivity contribution is 5.78. The molecule has 2 aromatic carbocycles. The van der Waals surface area contributed by atoms with E-state index in [4.69, 9.17) is 9.47 Å². The van der Waals surface area contributed by atoms with Crippen LogP contribution in [0, 0.1) is 0 Å². The molecule has 5 nitrogen and oxygen atoms in total. The van der Waals surface area contributed by atoms with Gasteiger partial charge in [0.25, 0.3) is 5.91 Å². The van der Waals surface area contributed by atoms with E-state index in [1.54, 1.807) is 0 Å². The topological polar surface area (TPSA) is 42.0 Å². The molecular weight excluding hydrogens is 352 g/mol. The smallest absolute Gasteiger partial charge is 0.260 e. The Bertz CT molecular complexity index is 768. The molecule has 5 heteroatoms. The van der Waals surface area contributed by atoms with Gasteiger partial charge in [-0.3, -0.25) is 9.69 Å². The first-order valence-electron chi connectivity index (χ1n) is 9.82. The van der Waals surface area contributed by atoms with Crippen molar-refractivity contribution in [3.8, 4) is 11.5 Å². The highest BCUT2D eigenvalue weighted by atomic mass is 16.5. The molecular formula is C23H28N2O3. The number of hydrogen-bond donors (Lipinski definition) is 0. The Hall–Kier alpha value is -2.79. The first-order chi connectivity index (χ1) is 13.8. The van der Waals surface area contributed by atoms with Crippen molar-refractivity contribution in [2.24, 2.45) is 0 Å². The van der Waals surface area contributed by atoms with Crippen LogP contribution in [-0.4, -0.2) is 61.6 Å². The number of hydrogen-bond acceptors (Lipinski definition) is 4. The van der Waals surface area contributed by atoms with E-state index < -0.39 is 0 Å². The Morgan fingerprint density at radius 1 is 0.929 bits per heavy atom. The predicted molar refractivity (Wildman–Crippen MR) is 112 cm³/mol. The lowest BCUT2D eigenvalue weighted by Crippen LogP contribution is -2.49. The van der Waals surface area contributed by atoms with Gasteiger partial charge in [-0.1, -0.05) is 54.6 Å². The third kappa shape index (κ3) is 5.86. The lowest BCUT2D eigenvalue weighted by Gasteiger charge is -2.34. The number of para-hydroxylation sites is 2. The van der Waals surface area contributed by atoms with Crippen molar-refractivity contribution >= 4 is 12.0 Å². The maximum Gasteiger partial charge on any atom is 0.260 e. The molecule has 0 aromatic heterocycles. The largest absolute Gasteiger partial charge is 0.490 e. The van der Waals surface area contributed by atoms with Crippen LogP contribution in [0.5, 0.6) is 11.5 Å². The molecule has 148 valence electrons. The minimum absolute atomic E-state index is 0.0192. The SMILES string of the molecule is CCOc1ccccc1OCC(=O)N1CCN(CC=Cc2ccccc2)CC1. The molecule has 1 aliphatic heterocycles. The van der Waals surface area contributed by atoms with Gasteiger partial charge in [0, 0.05) is 32.7 Å². The van der Waals surface area contributed by atoms with E-state index in [1.807, 2.05) is 54.3 Å². The maximum atomic E-state index is 12.5. The molecule has 0 saturated carbocycles. The van der Waals surface area contributed by atoms with Crippen LogP contribution in [0.4, 0.5) is 0 Å². The number of amides is 1. The summed E-state index contributed by atoms with van der Waals surface area (Å²) in [5, 5.41) is 0. The van der Waals surface area contributed by atoms with Crippen molar-refractivity contribution in [2.75, 3.05) is 45.9 Å². The first kappa shape index (κ1) is 20.0. The molecule has 0 radical (unpaired) electrons. The Kier molecular flexibility index (Phi) is 7.50. The van der Waals surface area contributed by atoms with E-state index in [0.717, 1.165) is 32.7 Å². The zero-order valence-electron chi connectivity index (χ0n) is 16.4. The van der Waals surface area contributed by atoms with Gasteiger partial charge in [-0.05, 0) is 24.6 Å². The maximum absolute atomic E-state index is 12.5.